The summed E-state index contributed by atoms with van der Waals surface area (Å²) in [5.74, 6) is 0.953. The fourth-order valence-corrected chi connectivity index (χ4v) is 2.29. The summed E-state index contributed by atoms with van der Waals surface area (Å²) in [6.07, 6.45) is 0. The average molecular weight is 154 g/mol. The Balaban J connectivity index is 2.00. The second-order valence-corrected chi connectivity index (χ2v) is 4.81. The predicted molar refractivity (Wildman–Crippen MR) is 46.6 cm³/mol. The minimum atomic E-state index is 0.382. The Kier molecular flexibility index (Phi) is 1.52. The largest absolute Gasteiger partial charge is 0.315 e. The number of likely N-dealkylation sites (tertiary alicyclic amines) is 1. The first-order valence-electron chi connectivity index (χ1n) is 4.56. The van der Waals surface area contributed by atoms with E-state index in [1.165, 1.54) is 19.6 Å². The van der Waals surface area contributed by atoms with Crippen molar-refractivity contribution in [1.29, 1.82) is 0 Å². The van der Waals surface area contributed by atoms with E-state index in [-0.39, 0.29) is 0 Å². The van der Waals surface area contributed by atoms with Crippen molar-refractivity contribution in [2.75, 3.05) is 19.6 Å². The minimum absolute atomic E-state index is 0.382. The molecule has 0 aromatic rings. The fourth-order valence-electron chi connectivity index (χ4n) is 2.29. The van der Waals surface area contributed by atoms with Gasteiger partial charge < -0.3 is 5.32 Å². The van der Waals surface area contributed by atoms with E-state index in [1.54, 1.807) is 0 Å². The van der Waals surface area contributed by atoms with Crippen molar-refractivity contribution < 1.29 is 0 Å². The van der Waals surface area contributed by atoms with Gasteiger partial charge in [0.05, 0.1) is 0 Å². The van der Waals surface area contributed by atoms with Gasteiger partial charge in [0.2, 0.25) is 0 Å². The number of hydrogen-bond acceptors (Lipinski definition) is 2. The molecular formula is C9H18N2. The molecule has 0 aromatic heterocycles. The topological polar surface area (TPSA) is 15.3 Å². The fraction of sp³-hybridized carbons (Fsp3) is 1.00. The van der Waals surface area contributed by atoms with Crippen molar-refractivity contribution in [1.82, 2.24) is 10.2 Å². The van der Waals surface area contributed by atoms with Gasteiger partial charge in [-0.3, -0.25) is 4.90 Å². The standard InChI is InChI=1S/C9H18N2/c1-9(2,3)11-6-7-4-10-5-8(7)11/h7-8,10H,4-6H2,1-3H3. The van der Waals surface area contributed by atoms with Crippen LogP contribution in [0.25, 0.3) is 0 Å². The molecule has 1 N–H and O–H groups in total. The Morgan fingerprint density at radius 1 is 1.27 bits per heavy atom. The Labute approximate surface area is 69.0 Å². The highest BCUT2D eigenvalue weighted by molar-refractivity contribution is 5.03. The van der Waals surface area contributed by atoms with Crippen LogP contribution < -0.4 is 5.32 Å². The van der Waals surface area contributed by atoms with Crippen LogP contribution in [0, 0.1) is 5.92 Å². The third-order valence-corrected chi connectivity index (χ3v) is 3.00. The molecule has 2 fully saturated rings. The van der Waals surface area contributed by atoms with E-state index in [0.717, 1.165) is 12.0 Å². The monoisotopic (exact) mass is 154 g/mol. The molecule has 2 aliphatic heterocycles. The van der Waals surface area contributed by atoms with Crippen molar-refractivity contribution in [3.8, 4) is 0 Å². The van der Waals surface area contributed by atoms with Gasteiger partial charge in [0.25, 0.3) is 0 Å². The number of fused-ring (bicyclic) bond motifs is 1. The van der Waals surface area contributed by atoms with Crippen molar-refractivity contribution in [2.45, 2.75) is 32.4 Å². The molecule has 0 aliphatic carbocycles. The number of hydrogen-bond donors (Lipinski definition) is 1. The minimum Gasteiger partial charge on any atom is -0.315 e. The van der Waals surface area contributed by atoms with Gasteiger partial charge in [-0.15, -0.1) is 0 Å². The molecule has 0 bridgehead atoms. The SMILES string of the molecule is CC(C)(C)N1CC2CNCC21. The predicted octanol–water partition coefficient (Wildman–Crippen LogP) is 0.688. The van der Waals surface area contributed by atoms with Gasteiger partial charge in [0.15, 0.2) is 0 Å². The average Bonchev–Trinajstić information content (AvgIpc) is 2.08. The Morgan fingerprint density at radius 3 is 2.55 bits per heavy atom. The zero-order valence-corrected chi connectivity index (χ0v) is 7.72. The molecule has 2 heteroatoms. The van der Waals surface area contributed by atoms with Crippen LogP contribution in [-0.4, -0.2) is 36.1 Å². The van der Waals surface area contributed by atoms with E-state index >= 15 is 0 Å². The van der Waals surface area contributed by atoms with Crippen LogP contribution in [0.5, 0.6) is 0 Å². The van der Waals surface area contributed by atoms with E-state index in [4.69, 9.17) is 0 Å². The summed E-state index contributed by atoms with van der Waals surface area (Å²) in [5, 5.41) is 3.44. The molecule has 2 aliphatic rings. The van der Waals surface area contributed by atoms with E-state index in [1.807, 2.05) is 0 Å². The summed E-state index contributed by atoms with van der Waals surface area (Å²) < 4.78 is 0. The van der Waals surface area contributed by atoms with Crippen LogP contribution in [0.15, 0.2) is 0 Å². The summed E-state index contributed by atoms with van der Waals surface area (Å²) >= 11 is 0. The highest BCUT2D eigenvalue weighted by Crippen LogP contribution is 2.33. The van der Waals surface area contributed by atoms with Crippen LogP contribution in [0.4, 0.5) is 0 Å². The van der Waals surface area contributed by atoms with Crippen molar-refractivity contribution in [3.63, 3.8) is 0 Å². The molecule has 0 amide bonds. The Hall–Kier alpha value is -0.0800. The first kappa shape index (κ1) is 7.56. The van der Waals surface area contributed by atoms with E-state index < -0.39 is 0 Å². The molecule has 0 saturated carbocycles. The molecule has 2 saturated heterocycles. The summed E-state index contributed by atoms with van der Waals surface area (Å²) in [7, 11) is 0. The second-order valence-electron chi connectivity index (χ2n) is 4.81. The molecule has 0 spiro atoms. The smallest absolute Gasteiger partial charge is 0.0278 e. The molecule has 2 rings (SSSR count). The number of nitrogens with zero attached hydrogens (tertiary/aromatic N) is 1. The third kappa shape index (κ3) is 1.09. The van der Waals surface area contributed by atoms with Crippen LogP contribution >= 0.6 is 0 Å². The normalized spacial score (nSPS) is 38.5. The van der Waals surface area contributed by atoms with E-state index in [2.05, 4.69) is 31.0 Å². The number of rotatable bonds is 0. The van der Waals surface area contributed by atoms with Gasteiger partial charge in [0, 0.05) is 37.1 Å². The molecule has 0 aromatic carbocycles. The lowest BCUT2D eigenvalue weighted by Gasteiger charge is -2.51. The van der Waals surface area contributed by atoms with E-state index in [0.29, 0.717) is 5.54 Å². The Bertz CT molecular complexity index is 159. The lowest BCUT2D eigenvalue weighted by molar-refractivity contribution is -0.0266. The zero-order valence-electron chi connectivity index (χ0n) is 7.72. The zero-order chi connectivity index (χ0) is 8.06. The van der Waals surface area contributed by atoms with Crippen LogP contribution in [-0.2, 0) is 0 Å². The quantitative estimate of drug-likeness (QED) is 0.552. The third-order valence-electron chi connectivity index (χ3n) is 3.00. The highest BCUT2D eigenvalue weighted by atomic mass is 15.3. The maximum Gasteiger partial charge on any atom is 0.0278 e. The molecule has 2 nitrogen and oxygen atoms in total. The van der Waals surface area contributed by atoms with Crippen LogP contribution in [0.2, 0.25) is 0 Å². The molecule has 2 heterocycles. The summed E-state index contributed by atoms with van der Waals surface area (Å²) in [6.45, 7) is 10.7. The van der Waals surface area contributed by atoms with Gasteiger partial charge in [-0.25, -0.2) is 0 Å². The van der Waals surface area contributed by atoms with Gasteiger partial charge in [-0.1, -0.05) is 0 Å². The van der Waals surface area contributed by atoms with E-state index in [9.17, 15) is 0 Å². The van der Waals surface area contributed by atoms with Gasteiger partial charge >= 0.3 is 0 Å². The first-order valence-corrected chi connectivity index (χ1v) is 4.56. The van der Waals surface area contributed by atoms with Gasteiger partial charge in [-0.2, -0.15) is 0 Å². The van der Waals surface area contributed by atoms with Gasteiger partial charge in [0.1, 0.15) is 0 Å². The lowest BCUT2D eigenvalue weighted by Crippen LogP contribution is -2.62. The first-order chi connectivity index (χ1) is 5.09. The number of nitrogens with one attached hydrogen (secondary N) is 1. The van der Waals surface area contributed by atoms with Crippen LogP contribution in [0.1, 0.15) is 20.8 Å². The van der Waals surface area contributed by atoms with Gasteiger partial charge in [-0.05, 0) is 20.8 Å². The summed E-state index contributed by atoms with van der Waals surface area (Å²) in [4.78, 5) is 2.61. The van der Waals surface area contributed by atoms with Crippen molar-refractivity contribution in [2.24, 2.45) is 5.92 Å². The second kappa shape index (κ2) is 2.20. The molecule has 2 unspecified atom stereocenters. The van der Waals surface area contributed by atoms with Crippen molar-refractivity contribution in [3.05, 3.63) is 0 Å². The molecule has 64 valence electrons. The summed E-state index contributed by atoms with van der Waals surface area (Å²) in [5.41, 5.74) is 0.382. The Morgan fingerprint density at radius 2 is 2.00 bits per heavy atom. The highest BCUT2D eigenvalue weighted by Gasteiger charge is 2.46. The molecule has 2 atom stereocenters. The maximum absolute atomic E-state index is 3.44. The lowest BCUT2D eigenvalue weighted by atomic mass is 9.86. The molecular weight excluding hydrogens is 136 g/mol. The molecule has 11 heavy (non-hydrogen) atoms. The van der Waals surface area contributed by atoms with Crippen LogP contribution in [0.3, 0.4) is 0 Å². The van der Waals surface area contributed by atoms with Crippen molar-refractivity contribution >= 4 is 0 Å². The summed E-state index contributed by atoms with van der Waals surface area (Å²) in [6, 6.07) is 0.843. The molecule has 0 radical (unpaired) electrons. The maximum atomic E-state index is 3.44.